The van der Waals surface area contributed by atoms with E-state index < -0.39 is 11.8 Å². The van der Waals surface area contributed by atoms with Crippen molar-refractivity contribution in [3.8, 4) is 5.75 Å². The van der Waals surface area contributed by atoms with Gasteiger partial charge in [0.05, 0.1) is 7.11 Å². The molecule has 0 aliphatic heterocycles. The molecule has 3 nitrogen and oxygen atoms in total. The largest absolute Gasteiger partial charge is 0.496 e. The van der Waals surface area contributed by atoms with E-state index in [-0.39, 0.29) is 5.57 Å². The Kier molecular flexibility index (Phi) is 4.05. The number of halogens is 1. The quantitative estimate of drug-likeness (QED) is 0.800. The van der Waals surface area contributed by atoms with Gasteiger partial charge in [0.15, 0.2) is 0 Å². The van der Waals surface area contributed by atoms with Gasteiger partial charge in [-0.05, 0) is 30.7 Å². The molecule has 0 amide bonds. The van der Waals surface area contributed by atoms with Gasteiger partial charge in [0.2, 0.25) is 0 Å². The van der Waals surface area contributed by atoms with Crippen LogP contribution in [0.3, 0.4) is 0 Å². The summed E-state index contributed by atoms with van der Waals surface area (Å²) in [6.45, 7) is 1.73. The van der Waals surface area contributed by atoms with Crippen LogP contribution in [-0.4, -0.2) is 18.2 Å². The summed E-state index contributed by atoms with van der Waals surface area (Å²) in [6.07, 6.45) is 1.79. The Hall–Kier alpha value is -1.84. The number of carboxylic acid groups (broad SMARTS) is 1. The van der Waals surface area contributed by atoms with Crippen molar-refractivity contribution in [1.82, 2.24) is 0 Å². The lowest BCUT2D eigenvalue weighted by Gasteiger charge is -2.05. The van der Waals surface area contributed by atoms with Crippen LogP contribution in [0.25, 0.3) is 6.08 Å². The van der Waals surface area contributed by atoms with Crippen molar-refractivity contribution in [2.24, 2.45) is 0 Å². The Balaban J connectivity index is 3.20. The molecule has 0 fully saturated rings. The summed E-state index contributed by atoms with van der Waals surface area (Å²) in [5.41, 5.74) is 0.644. The number of carbonyl (C=O) groups is 1. The summed E-state index contributed by atoms with van der Waals surface area (Å²) >= 11 is 0. The number of methoxy groups -OCH3 is 1. The number of carboxylic acids is 1. The Morgan fingerprint density at radius 1 is 1.56 bits per heavy atom. The average Bonchev–Trinajstić information content (AvgIpc) is 2.25. The second-order valence-electron chi connectivity index (χ2n) is 3.21. The van der Waals surface area contributed by atoms with Crippen molar-refractivity contribution in [3.63, 3.8) is 0 Å². The maximum Gasteiger partial charge on any atom is 0.331 e. The predicted molar refractivity (Wildman–Crippen MR) is 58.9 cm³/mol. The molecule has 0 atom stereocenters. The number of aliphatic carboxylic acids is 1. The van der Waals surface area contributed by atoms with Crippen molar-refractivity contribution < 1.29 is 19.0 Å². The standard InChI is InChI=1S/C12H13FO3/c1-3-8(12(14)15)6-9-7-10(13)4-5-11(9)16-2/h4-7H,3H2,1-2H3,(H,14,15). The second-order valence-corrected chi connectivity index (χ2v) is 3.21. The molecule has 1 aromatic rings. The molecule has 16 heavy (non-hydrogen) atoms. The lowest BCUT2D eigenvalue weighted by Crippen LogP contribution is -1.99. The third-order valence-corrected chi connectivity index (χ3v) is 2.18. The summed E-state index contributed by atoms with van der Waals surface area (Å²) < 4.78 is 18.0. The molecule has 1 N–H and O–H groups in total. The zero-order valence-electron chi connectivity index (χ0n) is 9.16. The molecule has 0 aromatic heterocycles. The molecule has 86 valence electrons. The Labute approximate surface area is 93.2 Å². The maximum absolute atomic E-state index is 13.0. The number of hydrogen-bond acceptors (Lipinski definition) is 2. The average molecular weight is 224 g/mol. The van der Waals surface area contributed by atoms with E-state index >= 15 is 0 Å². The van der Waals surface area contributed by atoms with Crippen molar-refractivity contribution in [1.29, 1.82) is 0 Å². The van der Waals surface area contributed by atoms with Gasteiger partial charge in [-0.3, -0.25) is 0 Å². The first-order valence-corrected chi connectivity index (χ1v) is 4.86. The molecule has 0 aliphatic rings. The van der Waals surface area contributed by atoms with Crippen LogP contribution in [0.2, 0.25) is 0 Å². The van der Waals surface area contributed by atoms with Gasteiger partial charge >= 0.3 is 5.97 Å². The SMILES string of the molecule is CCC(=Cc1cc(F)ccc1OC)C(=O)O. The van der Waals surface area contributed by atoms with E-state index in [4.69, 9.17) is 9.84 Å². The Bertz CT molecular complexity index is 424. The van der Waals surface area contributed by atoms with Crippen LogP contribution in [0.1, 0.15) is 18.9 Å². The Morgan fingerprint density at radius 2 is 2.25 bits per heavy atom. The van der Waals surface area contributed by atoms with Gasteiger partial charge in [0.1, 0.15) is 11.6 Å². The summed E-state index contributed by atoms with van der Waals surface area (Å²) in [4.78, 5) is 10.8. The summed E-state index contributed by atoms with van der Waals surface area (Å²) in [6, 6.07) is 3.98. The first-order chi connectivity index (χ1) is 7.58. The maximum atomic E-state index is 13.0. The van der Waals surface area contributed by atoms with E-state index in [1.807, 2.05) is 0 Å². The third kappa shape index (κ3) is 2.82. The van der Waals surface area contributed by atoms with Gasteiger partial charge in [-0.2, -0.15) is 0 Å². The fraction of sp³-hybridized carbons (Fsp3) is 0.250. The molecular formula is C12H13FO3. The Morgan fingerprint density at radius 3 is 2.75 bits per heavy atom. The molecule has 0 bridgehead atoms. The van der Waals surface area contributed by atoms with Gasteiger partial charge < -0.3 is 9.84 Å². The number of hydrogen-bond donors (Lipinski definition) is 1. The van der Waals surface area contributed by atoms with E-state index in [0.717, 1.165) is 0 Å². The van der Waals surface area contributed by atoms with E-state index in [1.54, 1.807) is 6.92 Å². The van der Waals surface area contributed by atoms with Crippen LogP contribution in [0.15, 0.2) is 23.8 Å². The van der Waals surface area contributed by atoms with Gasteiger partial charge in [-0.15, -0.1) is 0 Å². The summed E-state index contributed by atoms with van der Waals surface area (Å²) in [5.74, 6) is -0.977. The van der Waals surface area contributed by atoms with Crippen LogP contribution >= 0.6 is 0 Å². The first-order valence-electron chi connectivity index (χ1n) is 4.86. The molecule has 1 rings (SSSR count). The summed E-state index contributed by atoms with van der Waals surface area (Å²) in [5, 5.41) is 8.86. The monoisotopic (exact) mass is 224 g/mol. The minimum atomic E-state index is -1.01. The molecule has 0 saturated carbocycles. The van der Waals surface area contributed by atoms with Gasteiger partial charge in [0, 0.05) is 11.1 Å². The van der Waals surface area contributed by atoms with Gasteiger partial charge in [0.25, 0.3) is 0 Å². The second kappa shape index (κ2) is 5.30. The minimum Gasteiger partial charge on any atom is -0.496 e. The highest BCUT2D eigenvalue weighted by atomic mass is 19.1. The van der Waals surface area contributed by atoms with Crippen LogP contribution in [0, 0.1) is 5.82 Å². The summed E-state index contributed by atoms with van der Waals surface area (Å²) in [7, 11) is 1.46. The van der Waals surface area contributed by atoms with Gasteiger partial charge in [-0.25, -0.2) is 9.18 Å². The van der Waals surface area contributed by atoms with E-state index in [2.05, 4.69) is 0 Å². The van der Waals surface area contributed by atoms with Crippen LogP contribution < -0.4 is 4.74 Å². The van der Waals surface area contributed by atoms with E-state index in [9.17, 15) is 9.18 Å². The lowest BCUT2D eigenvalue weighted by molar-refractivity contribution is -0.132. The number of benzene rings is 1. The first kappa shape index (κ1) is 12.2. The van der Waals surface area contributed by atoms with Crippen LogP contribution in [0.5, 0.6) is 5.75 Å². The van der Waals surface area contributed by atoms with E-state index in [1.165, 1.54) is 31.4 Å². The molecule has 4 heteroatoms. The highest BCUT2D eigenvalue weighted by molar-refractivity contribution is 5.92. The third-order valence-electron chi connectivity index (χ3n) is 2.18. The highest BCUT2D eigenvalue weighted by Gasteiger charge is 2.08. The normalized spacial score (nSPS) is 11.3. The fourth-order valence-electron chi connectivity index (χ4n) is 1.32. The topological polar surface area (TPSA) is 46.5 Å². The van der Waals surface area contributed by atoms with Crippen LogP contribution in [0.4, 0.5) is 4.39 Å². The zero-order valence-corrected chi connectivity index (χ0v) is 9.16. The van der Waals surface area contributed by atoms with Crippen molar-refractivity contribution in [3.05, 3.63) is 35.2 Å². The van der Waals surface area contributed by atoms with Crippen molar-refractivity contribution >= 4 is 12.0 Å². The van der Waals surface area contributed by atoms with Gasteiger partial charge in [-0.1, -0.05) is 6.92 Å². The predicted octanol–water partition coefficient (Wildman–Crippen LogP) is 2.71. The molecular weight excluding hydrogens is 211 g/mol. The van der Waals surface area contributed by atoms with Crippen LogP contribution in [-0.2, 0) is 4.79 Å². The fourth-order valence-corrected chi connectivity index (χ4v) is 1.32. The molecule has 0 radical (unpaired) electrons. The lowest BCUT2D eigenvalue weighted by atomic mass is 10.1. The minimum absolute atomic E-state index is 0.212. The molecule has 0 aliphatic carbocycles. The van der Waals surface area contributed by atoms with Crippen molar-refractivity contribution in [2.45, 2.75) is 13.3 Å². The molecule has 0 spiro atoms. The van der Waals surface area contributed by atoms with Crippen molar-refractivity contribution in [2.75, 3.05) is 7.11 Å². The highest BCUT2D eigenvalue weighted by Crippen LogP contribution is 2.22. The number of ether oxygens (including phenoxy) is 1. The zero-order chi connectivity index (χ0) is 12.1. The molecule has 1 aromatic carbocycles. The molecule has 0 heterocycles. The smallest absolute Gasteiger partial charge is 0.331 e. The number of rotatable bonds is 4. The molecule has 0 saturated heterocycles. The van der Waals surface area contributed by atoms with E-state index in [0.29, 0.717) is 17.7 Å². The molecule has 0 unspecified atom stereocenters.